The Hall–Kier alpha value is -4.46. The molecule has 2 aromatic carbocycles. The number of fused-ring (bicyclic) bond motifs is 2. The van der Waals surface area contributed by atoms with Crippen LogP contribution >= 0.6 is 0 Å². The minimum atomic E-state index is -0.604. The van der Waals surface area contributed by atoms with Crippen molar-refractivity contribution < 1.29 is 23.5 Å². The molecule has 0 saturated carbocycles. The lowest BCUT2D eigenvalue weighted by Gasteiger charge is -2.14. The molecule has 1 N–H and O–H groups in total. The van der Waals surface area contributed by atoms with Crippen LogP contribution in [0.2, 0.25) is 0 Å². The van der Waals surface area contributed by atoms with E-state index < -0.39 is 5.97 Å². The van der Waals surface area contributed by atoms with Crippen molar-refractivity contribution in [2.24, 2.45) is 5.10 Å². The third-order valence-electron chi connectivity index (χ3n) is 5.95. The smallest absolute Gasteiger partial charge is 0.380 e. The number of pyridine rings is 1. The number of hydrazone groups is 1. The van der Waals surface area contributed by atoms with Crippen molar-refractivity contribution in [1.82, 2.24) is 10.4 Å². The van der Waals surface area contributed by atoms with Crippen LogP contribution in [-0.4, -0.2) is 29.7 Å². The number of esters is 1. The number of hydrogen-bond donors (Lipinski definition) is 1. The SMILES string of the molecule is COc1ccccc1C(=O)N/N=C1\CCCc2oc(C(=O)Oc3cccc4cccnc34)c(C)c21. The van der Waals surface area contributed by atoms with Gasteiger partial charge in [-0.05, 0) is 44.0 Å². The Morgan fingerprint density at radius 3 is 2.69 bits per heavy atom. The summed E-state index contributed by atoms with van der Waals surface area (Å²) in [6, 6.07) is 16.1. The number of carbonyl (C=O) groups excluding carboxylic acids is 2. The highest BCUT2D eigenvalue weighted by Crippen LogP contribution is 2.31. The lowest BCUT2D eigenvalue weighted by atomic mass is 9.93. The average Bonchev–Trinajstić information content (AvgIpc) is 3.24. The summed E-state index contributed by atoms with van der Waals surface area (Å²) in [5.41, 5.74) is 5.61. The number of para-hydroxylation sites is 2. The molecular weight excluding hydrogens is 446 g/mol. The first-order valence-corrected chi connectivity index (χ1v) is 11.2. The molecule has 0 saturated heterocycles. The van der Waals surface area contributed by atoms with E-state index in [9.17, 15) is 9.59 Å². The zero-order valence-corrected chi connectivity index (χ0v) is 19.3. The van der Waals surface area contributed by atoms with Gasteiger partial charge in [0.25, 0.3) is 5.91 Å². The van der Waals surface area contributed by atoms with Crippen molar-refractivity contribution >= 4 is 28.5 Å². The lowest BCUT2D eigenvalue weighted by molar-refractivity contribution is 0.0700. The molecule has 5 rings (SSSR count). The Kier molecular flexibility index (Phi) is 6.01. The first kappa shape index (κ1) is 22.3. The number of carbonyl (C=O) groups is 2. The van der Waals surface area contributed by atoms with Gasteiger partial charge in [0.2, 0.25) is 5.76 Å². The van der Waals surface area contributed by atoms with Gasteiger partial charge >= 0.3 is 5.97 Å². The zero-order chi connectivity index (χ0) is 24.4. The number of benzene rings is 2. The summed E-state index contributed by atoms with van der Waals surface area (Å²) in [6.07, 6.45) is 3.74. The van der Waals surface area contributed by atoms with Gasteiger partial charge in [-0.1, -0.05) is 30.3 Å². The summed E-state index contributed by atoms with van der Waals surface area (Å²) in [6.45, 7) is 1.79. The molecule has 0 spiro atoms. The Balaban J connectivity index is 1.41. The van der Waals surface area contributed by atoms with Gasteiger partial charge in [0, 0.05) is 29.1 Å². The van der Waals surface area contributed by atoms with Crippen LogP contribution in [0.15, 0.2) is 70.3 Å². The minimum Gasteiger partial charge on any atom is -0.496 e. The summed E-state index contributed by atoms with van der Waals surface area (Å²) in [7, 11) is 1.51. The summed E-state index contributed by atoms with van der Waals surface area (Å²) in [5, 5.41) is 5.24. The number of hydrogen-bond acceptors (Lipinski definition) is 7. The maximum Gasteiger partial charge on any atom is 0.380 e. The van der Waals surface area contributed by atoms with Crippen LogP contribution in [0.3, 0.4) is 0 Å². The highest BCUT2D eigenvalue weighted by Gasteiger charge is 2.29. The van der Waals surface area contributed by atoms with Crippen molar-refractivity contribution in [3.05, 3.63) is 89.0 Å². The Morgan fingerprint density at radius 2 is 1.83 bits per heavy atom. The van der Waals surface area contributed by atoms with Gasteiger partial charge < -0.3 is 13.9 Å². The molecule has 0 bridgehead atoms. The summed E-state index contributed by atoms with van der Waals surface area (Å²) >= 11 is 0. The number of nitrogens with zero attached hydrogens (tertiary/aromatic N) is 2. The van der Waals surface area contributed by atoms with Gasteiger partial charge in [-0.2, -0.15) is 5.10 Å². The second-order valence-electron chi connectivity index (χ2n) is 8.13. The monoisotopic (exact) mass is 469 g/mol. The molecule has 1 aliphatic rings. The van der Waals surface area contributed by atoms with Gasteiger partial charge in [0.05, 0.1) is 18.4 Å². The number of rotatable bonds is 5. The molecule has 0 radical (unpaired) electrons. The molecule has 0 unspecified atom stereocenters. The Morgan fingerprint density at radius 1 is 1.03 bits per heavy atom. The van der Waals surface area contributed by atoms with E-state index >= 15 is 0 Å². The van der Waals surface area contributed by atoms with Crippen LogP contribution in [0.4, 0.5) is 0 Å². The highest BCUT2D eigenvalue weighted by molar-refractivity contribution is 6.07. The highest BCUT2D eigenvalue weighted by atomic mass is 16.5. The fourth-order valence-corrected chi connectivity index (χ4v) is 4.29. The normalized spacial score (nSPS) is 13.9. The molecule has 1 amide bonds. The number of aryl methyl sites for hydroxylation is 1. The summed E-state index contributed by atoms with van der Waals surface area (Å²) < 4.78 is 16.9. The number of aromatic nitrogens is 1. The summed E-state index contributed by atoms with van der Waals surface area (Å²) in [5.74, 6) is 0.608. The van der Waals surface area contributed by atoms with Crippen molar-refractivity contribution in [1.29, 1.82) is 0 Å². The van der Waals surface area contributed by atoms with Crippen molar-refractivity contribution in [3.8, 4) is 11.5 Å². The third kappa shape index (κ3) is 4.26. The van der Waals surface area contributed by atoms with Crippen LogP contribution in [-0.2, 0) is 6.42 Å². The van der Waals surface area contributed by atoms with Gasteiger partial charge in [-0.3, -0.25) is 9.78 Å². The predicted octanol–water partition coefficient (Wildman–Crippen LogP) is 4.83. The first-order chi connectivity index (χ1) is 17.1. The molecule has 2 heterocycles. The van der Waals surface area contributed by atoms with E-state index in [0.29, 0.717) is 52.5 Å². The van der Waals surface area contributed by atoms with E-state index in [4.69, 9.17) is 13.9 Å². The van der Waals surface area contributed by atoms with Crippen LogP contribution in [0.5, 0.6) is 11.5 Å². The number of furan rings is 1. The maximum absolute atomic E-state index is 13.1. The van der Waals surface area contributed by atoms with E-state index in [1.807, 2.05) is 24.3 Å². The molecule has 8 heteroatoms. The van der Waals surface area contributed by atoms with Gasteiger partial charge in [-0.25, -0.2) is 10.2 Å². The molecule has 4 aromatic rings. The molecule has 35 heavy (non-hydrogen) atoms. The van der Waals surface area contributed by atoms with E-state index in [-0.39, 0.29) is 11.7 Å². The average molecular weight is 469 g/mol. The molecule has 0 atom stereocenters. The molecule has 8 nitrogen and oxygen atoms in total. The summed E-state index contributed by atoms with van der Waals surface area (Å²) in [4.78, 5) is 30.1. The fourth-order valence-electron chi connectivity index (χ4n) is 4.29. The molecular formula is C27H23N3O5. The third-order valence-corrected chi connectivity index (χ3v) is 5.95. The quantitative estimate of drug-likeness (QED) is 0.255. The molecule has 2 aromatic heterocycles. The van der Waals surface area contributed by atoms with E-state index in [0.717, 1.165) is 17.4 Å². The topological polar surface area (TPSA) is 103 Å². The second-order valence-corrected chi connectivity index (χ2v) is 8.13. The van der Waals surface area contributed by atoms with Gasteiger partial charge in [0.1, 0.15) is 17.0 Å². The van der Waals surface area contributed by atoms with E-state index in [2.05, 4.69) is 15.5 Å². The standard InChI is InChI=1S/C27H23N3O5/c1-16-23-19(29-30-26(31)18-10-3-4-12-20(18)33-2)11-6-13-21(23)34-25(16)27(32)35-22-14-5-8-17-9-7-15-28-24(17)22/h3-5,7-10,12,14-15H,6,11,13H2,1-2H3,(H,30,31)/b29-19+. The maximum atomic E-state index is 13.1. The van der Waals surface area contributed by atoms with Crippen LogP contribution in [0.25, 0.3) is 10.9 Å². The van der Waals surface area contributed by atoms with Crippen LogP contribution < -0.4 is 14.9 Å². The van der Waals surface area contributed by atoms with Gasteiger partial charge in [-0.15, -0.1) is 0 Å². The molecule has 176 valence electrons. The van der Waals surface area contributed by atoms with Crippen LogP contribution in [0.1, 0.15) is 50.6 Å². The number of ether oxygens (including phenoxy) is 2. The second kappa shape index (κ2) is 9.42. The molecule has 1 aliphatic carbocycles. The molecule has 0 fully saturated rings. The Bertz CT molecular complexity index is 1470. The predicted molar refractivity (Wildman–Crippen MR) is 130 cm³/mol. The number of amides is 1. The first-order valence-electron chi connectivity index (χ1n) is 11.2. The van der Waals surface area contributed by atoms with Crippen LogP contribution in [0, 0.1) is 6.92 Å². The zero-order valence-electron chi connectivity index (χ0n) is 19.3. The van der Waals surface area contributed by atoms with E-state index in [1.54, 1.807) is 43.5 Å². The van der Waals surface area contributed by atoms with Gasteiger partial charge in [0.15, 0.2) is 5.75 Å². The fraction of sp³-hybridized carbons (Fsp3) is 0.185. The molecule has 0 aliphatic heterocycles. The minimum absolute atomic E-state index is 0.119. The number of methoxy groups -OCH3 is 1. The van der Waals surface area contributed by atoms with E-state index in [1.165, 1.54) is 7.11 Å². The largest absolute Gasteiger partial charge is 0.496 e. The number of nitrogens with one attached hydrogen (secondary N) is 1. The lowest BCUT2D eigenvalue weighted by Crippen LogP contribution is -2.22. The van der Waals surface area contributed by atoms with Crippen molar-refractivity contribution in [2.45, 2.75) is 26.2 Å². The Labute approximate surface area is 201 Å². The van der Waals surface area contributed by atoms with Crippen molar-refractivity contribution in [3.63, 3.8) is 0 Å². The van der Waals surface area contributed by atoms with Crippen molar-refractivity contribution in [2.75, 3.05) is 7.11 Å².